The molecule has 0 spiro atoms. The summed E-state index contributed by atoms with van der Waals surface area (Å²) >= 11 is 0. The summed E-state index contributed by atoms with van der Waals surface area (Å²) in [5.41, 5.74) is 1.30. The molecule has 0 aromatic heterocycles. The Bertz CT molecular complexity index is 350. The van der Waals surface area contributed by atoms with Crippen LogP contribution in [0.4, 0.5) is 0 Å². The Labute approximate surface area is 89.6 Å². The summed E-state index contributed by atoms with van der Waals surface area (Å²) in [6.45, 7) is 0. The Balaban J connectivity index is 2.25. The Morgan fingerprint density at radius 3 is 2.60 bits per heavy atom. The van der Waals surface area contributed by atoms with E-state index in [1.165, 1.54) is 11.6 Å². The molecule has 0 atom stereocenters. The van der Waals surface area contributed by atoms with Crippen molar-refractivity contribution in [2.24, 2.45) is 0 Å². The first-order chi connectivity index (χ1) is 7.29. The molecule has 0 bridgehead atoms. The third-order valence-corrected chi connectivity index (χ3v) is 1.93. The van der Waals surface area contributed by atoms with Crippen LogP contribution in [-0.4, -0.2) is 11.1 Å². The van der Waals surface area contributed by atoms with E-state index < -0.39 is 5.97 Å². The van der Waals surface area contributed by atoms with Crippen LogP contribution in [-0.2, 0) is 11.2 Å². The number of carboxylic acids is 1. The average Bonchev–Trinajstić information content (AvgIpc) is 2.24. The van der Waals surface area contributed by atoms with Crippen LogP contribution in [0.5, 0.6) is 0 Å². The first-order valence-electron chi connectivity index (χ1n) is 4.89. The Hall–Kier alpha value is -1.83. The van der Waals surface area contributed by atoms with Crippen molar-refractivity contribution in [1.29, 1.82) is 0 Å². The zero-order valence-corrected chi connectivity index (χ0v) is 8.47. The molecule has 78 valence electrons. The predicted octanol–water partition coefficient (Wildman–Crippen LogP) is 2.82. The zero-order valence-electron chi connectivity index (χ0n) is 8.47. The number of aliphatic carboxylic acids is 1. The molecule has 2 heteroatoms. The number of benzene rings is 1. The number of carbonyl (C=O) groups is 1. The largest absolute Gasteiger partial charge is 0.478 e. The van der Waals surface area contributed by atoms with E-state index in [0.29, 0.717) is 0 Å². The minimum atomic E-state index is -0.914. The summed E-state index contributed by atoms with van der Waals surface area (Å²) in [5, 5.41) is 8.33. The molecular weight excluding hydrogens is 188 g/mol. The normalized spacial score (nSPS) is 11.2. The van der Waals surface area contributed by atoms with Gasteiger partial charge in [-0.15, -0.1) is 0 Å². The maximum Gasteiger partial charge on any atom is 0.328 e. The number of rotatable bonds is 5. The van der Waals surface area contributed by atoms with Crippen LogP contribution < -0.4 is 0 Å². The summed E-state index contributed by atoms with van der Waals surface area (Å²) in [6.07, 6.45) is 8.29. The smallest absolute Gasteiger partial charge is 0.328 e. The SMILES string of the molecule is O=C(O)/C=C/C=C/CCc1ccccc1. The van der Waals surface area contributed by atoms with Crippen molar-refractivity contribution in [2.45, 2.75) is 12.8 Å². The van der Waals surface area contributed by atoms with Gasteiger partial charge in [0.25, 0.3) is 0 Å². The molecule has 0 aliphatic heterocycles. The van der Waals surface area contributed by atoms with Crippen LogP contribution in [0.25, 0.3) is 0 Å². The van der Waals surface area contributed by atoms with Gasteiger partial charge in [-0.25, -0.2) is 4.79 Å². The van der Waals surface area contributed by atoms with Gasteiger partial charge in [-0.05, 0) is 18.4 Å². The fraction of sp³-hybridized carbons (Fsp3) is 0.154. The monoisotopic (exact) mass is 202 g/mol. The van der Waals surface area contributed by atoms with E-state index in [2.05, 4.69) is 12.1 Å². The highest BCUT2D eigenvalue weighted by atomic mass is 16.4. The molecule has 0 radical (unpaired) electrons. The molecule has 0 heterocycles. The molecule has 0 amide bonds. The minimum Gasteiger partial charge on any atom is -0.478 e. The van der Waals surface area contributed by atoms with Gasteiger partial charge in [0.2, 0.25) is 0 Å². The second-order valence-electron chi connectivity index (χ2n) is 3.15. The van der Waals surface area contributed by atoms with Crippen molar-refractivity contribution >= 4 is 5.97 Å². The third kappa shape index (κ3) is 5.47. The molecule has 0 aliphatic carbocycles. The molecule has 1 aromatic rings. The van der Waals surface area contributed by atoms with Crippen molar-refractivity contribution in [1.82, 2.24) is 0 Å². The summed E-state index contributed by atoms with van der Waals surface area (Å²) in [6, 6.07) is 10.2. The van der Waals surface area contributed by atoms with Gasteiger partial charge >= 0.3 is 5.97 Å². The van der Waals surface area contributed by atoms with E-state index in [-0.39, 0.29) is 0 Å². The fourth-order valence-electron chi connectivity index (χ4n) is 1.21. The van der Waals surface area contributed by atoms with Gasteiger partial charge < -0.3 is 5.11 Å². The molecule has 0 fully saturated rings. The van der Waals surface area contributed by atoms with Crippen molar-refractivity contribution in [2.75, 3.05) is 0 Å². The van der Waals surface area contributed by atoms with Gasteiger partial charge in [-0.1, -0.05) is 48.6 Å². The second kappa shape index (κ2) is 6.60. The lowest BCUT2D eigenvalue weighted by Crippen LogP contribution is -1.84. The van der Waals surface area contributed by atoms with Crippen LogP contribution in [0, 0.1) is 0 Å². The van der Waals surface area contributed by atoms with Gasteiger partial charge in [0.15, 0.2) is 0 Å². The summed E-state index contributed by atoms with van der Waals surface area (Å²) in [4.78, 5) is 10.1. The number of allylic oxidation sites excluding steroid dienone is 3. The summed E-state index contributed by atoms with van der Waals surface area (Å²) in [5.74, 6) is -0.914. The van der Waals surface area contributed by atoms with Gasteiger partial charge in [-0.3, -0.25) is 0 Å². The lowest BCUT2D eigenvalue weighted by Gasteiger charge is -1.95. The molecule has 1 N–H and O–H groups in total. The van der Waals surface area contributed by atoms with Gasteiger partial charge in [-0.2, -0.15) is 0 Å². The molecule has 1 aromatic carbocycles. The Kier molecular flexibility index (Phi) is 4.95. The lowest BCUT2D eigenvalue weighted by atomic mass is 10.1. The van der Waals surface area contributed by atoms with Crippen LogP contribution in [0.15, 0.2) is 54.6 Å². The molecule has 0 saturated carbocycles. The quantitative estimate of drug-likeness (QED) is 0.589. The van der Waals surface area contributed by atoms with E-state index in [0.717, 1.165) is 18.9 Å². The van der Waals surface area contributed by atoms with Crippen LogP contribution in [0.1, 0.15) is 12.0 Å². The van der Waals surface area contributed by atoms with E-state index in [1.807, 2.05) is 24.3 Å². The third-order valence-electron chi connectivity index (χ3n) is 1.93. The van der Waals surface area contributed by atoms with E-state index in [1.54, 1.807) is 6.08 Å². The zero-order chi connectivity index (χ0) is 10.9. The van der Waals surface area contributed by atoms with Crippen LogP contribution >= 0.6 is 0 Å². The number of aryl methyl sites for hydroxylation is 1. The van der Waals surface area contributed by atoms with Crippen molar-refractivity contribution in [3.8, 4) is 0 Å². The summed E-state index contributed by atoms with van der Waals surface area (Å²) in [7, 11) is 0. The number of hydrogen-bond donors (Lipinski definition) is 1. The molecule has 2 nitrogen and oxygen atoms in total. The van der Waals surface area contributed by atoms with Crippen LogP contribution in [0.3, 0.4) is 0 Å². The standard InChI is InChI=1S/C13H14O2/c14-13(15)11-7-2-1-4-8-12-9-5-3-6-10-12/h1-3,5-7,9-11H,4,8H2,(H,14,15)/b2-1+,11-7+. The highest BCUT2D eigenvalue weighted by Gasteiger charge is 1.87. The maximum absolute atomic E-state index is 10.1. The predicted molar refractivity (Wildman–Crippen MR) is 60.7 cm³/mol. The first kappa shape index (κ1) is 11.2. The number of carboxylic acid groups (broad SMARTS) is 1. The van der Waals surface area contributed by atoms with Crippen molar-refractivity contribution < 1.29 is 9.90 Å². The van der Waals surface area contributed by atoms with Gasteiger partial charge in [0.05, 0.1) is 0 Å². The molecule has 0 saturated heterocycles. The molecular formula is C13H14O2. The van der Waals surface area contributed by atoms with E-state index in [4.69, 9.17) is 5.11 Å². The van der Waals surface area contributed by atoms with Gasteiger partial charge in [0.1, 0.15) is 0 Å². The van der Waals surface area contributed by atoms with Crippen molar-refractivity contribution in [3.05, 3.63) is 60.2 Å². The lowest BCUT2D eigenvalue weighted by molar-refractivity contribution is -0.131. The first-order valence-corrected chi connectivity index (χ1v) is 4.89. The summed E-state index contributed by atoms with van der Waals surface area (Å²) < 4.78 is 0. The minimum absolute atomic E-state index is 0.914. The second-order valence-corrected chi connectivity index (χ2v) is 3.15. The Morgan fingerprint density at radius 2 is 1.93 bits per heavy atom. The van der Waals surface area contributed by atoms with Crippen LogP contribution in [0.2, 0.25) is 0 Å². The fourth-order valence-corrected chi connectivity index (χ4v) is 1.21. The average molecular weight is 202 g/mol. The Morgan fingerprint density at radius 1 is 1.20 bits per heavy atom. The van der Waals surface area contributed by atoms with E-state index in [9.17, 15) is 4.79 Å². The highest BCUT2D eigenvalue weighted by Crippen LogP contribution is 2.02. The van der Waals surface area contributed by atoms with E-state index >= 15 is 0 Å². The number of hydrogen-bond acceptors (Lipinski definition) is 1. The van der Waals surface area contributed by atoms with Gasteiger partial charge in [0, 0.05) is 6.08 Å². The van der Waals surface area contributed by atoms with Crippen molar-refractivity contribution in [3.63, 3.8) is 0 Å². The molecule has 0 aliphatic rings. The molecule has 1 rings (SSSR count). The highest BCUT2D eigenvalue weighted by molar-refractivity contribution is 5.80. The molecule has 0 unspecified atom stereocenters. The maximum atomic E-state index is 10.1. The topological polar surface area (TPSA) is 37.3 Å². The molecule has 15 heavy (non-hydrogen) atoms.